The second kappa shape index (κ2) is 3.69. The van der Waals surface area contributed by atoms with Crippen LogP contribution in [-0.4, -0.2) is 10.1 Å². The number of aliphatic hydroxyl groups excluding tert-OH is 1. The van der Waals surface area contributed by atoms with Crippen molar-refractivity contribution in [1.29, 1.82) is 0 Å². The van der Waals surface area contributed by atoms with E-state index in [4.69, 9.17) is 11.6 Å². The molecule has 0 aliphatic heterocycles. The van der Waals surface area contributed by atoms with Gasteiger partial charge in [0.2, 0.25) is 0 Å². The Labute approximate surface area is 83.7 Å². The summed E-state index contributed by atoms with van der Waals surface area (Å²) in [4.78, 5) is 4.00. The molecule has 4 heteroatoms. The maximum atomic E-state index is 9.20. The predicted octanol–water partition coefficient (Wildman–Crippen LogP) is 2.39. The molecule has 11 heavy (non-hydrogen) atoms. The fourth-order valence-corrected chi connectivity index (χ4v) is 1.65. The van der Waals surface area contributed by atoms with Gasteiger partial charge in [0, 0.05) is 6.20 Å². The Morgan fingerprint density at radius 2 is 2.36 bits per heavy atom. The molecule has 1 unspecified atom stereocenters. The molecular formula is C7H7ClINO. The predicted molar refractivity (Wildman–Crippen MR) is 52.6 cm³/mol. The van der Waals surface area contributed by atoms with Crippen molar-refractivity contribution in [3.8, 4) is 0 Å². The molecule has 1 atom stereocenters. The van der Waals surface area contributed by atoms with Crippen LogP contribution in [0.2, 0.25) is 5.02 Å². The lowest BCUT2D eigenvalue weighted by atomic mass is 10.2. The second-order valence-corrected chi connectivity index (χ2v) is 3.65. The molecule has 1 aromatic rings. The monoisotopic (exact) mass is 283 g/mol. The number of hydrogen-bond donors (Lipinski definition) is 1. The highest BCUT2D eigenvalue weighted by Crippen LogP contribution is 2.23. The maximum Gasteiger partial charge on any atom is 0.0943 e. The van der Waals surface area contributed by atoms with Gasteiger partial charge in [-0.25, -0.2) is 0 Å². The van der Waals surface area contributed by atoms with E-state index in [0.29, 0.717) is 10.7 Å². The molecule has 0 aliphatic rings. The van der Waals surface area contributed by atoms with Crippen molar-refractivity contribution in [2.75, 3.05) is 0 Å². The zero-order valence-electron chi connectivity index (χ0n) is 5.88. The Morgan fingerprint density at radius 3 is 2.82 bits per heavy atom. The first-order valence-corrected chi connectivity index (χ1v) is 4.56. The van der Waals surface area contributed by atoms with Crippen LogP contribution in [-0.2, 0) is 0 Å². The van der Waals surface area contributed by atoms with E-state index in [-0.39, 0.29) is 0 Å². The van der Waals surface area contributed by atoms with Crippen LogP contribution < -0.4 is 0 Å². The quantitative estimate of drug-likeness (QED) is 0.803. The third-order valence-corrected chi connectivity index (χ3v) is 3.03. The smallest absolute Gasteiger partial charge is 0.0943 e. The zero-order chi connectivity index (χ0) is 8.43. The molecule has 1 rings (SSSR count). The van der Waals surface area contributed by atoms with Gasteiger partial charge in [-0.3, -0.25) is 4.98 Å². The minimum absolute atomic E-state index is 0.555. The number of hydrogen-bond acceptors (Lipinski definition) is 2. The highest BCUT2D eigenvalue weighted by molar-refractivity contribution is 14.1. The molecule has 1 N–H and O–H groups in total. The summed E-state index contributed by atoms with van der Waals surface area (Å²) < 4.78 is 0.821. The average molecular weight is 283 g/mol. The van der Waals surface area contributed by atoms with Gasteiger partial charge in [0.05, 0.1) is 20.4 Å². The summed E-state index contributed by atoms with van der Waals surface area (Å²) in [6.07, 6.45) is 1.03. The molecule has 2 nitrogen and oxygen atoms in total. The topological polar surface area (TPSA) is 33.1 Å². The van der Waals surface area contributed by atoms with Gasteiger partial charge in [-0.2, -0.15) is 0 Å². The fraction of sp³-hybridized carbons (Fsp3) is 0.286. The molecule has 0 bridgehead atoms. The van der Waals surface area contributed by atoms with Crippen molar-refractivity contribution in [3.05, 3.63) is 26.5 Å². The van der Waals surface area contributed by atoms with Crippen LogP contribution in [0.4, 0.5) is 0 Å². The summed E-state index contributed by atoms with van der Waals surface area (Å²) in [5.74, 6) is 0. The molecule has 0 amide bonds. The van der Waals surface area contributed by atoms with Crippen molar-refractivity contribution in [2.24, 2.45) is 0 Å². The van der Waals surface area contributed by atoms with Gasteiger partial charge in [-0.15, -0.1) is 0 Å². The third-order valence-electron chi connectivity index (χ3n) is 1.26. The molecule has 0 aromatic carbocycles. The van der Waals surface area contributed by atoms with E-state index in [2.05, 4.69) is 27.6 Å². The normalized spacial score (nSPS) is 13.1. The molecule has 0 aliphatic carbocycles. The van der Waals surface area contributed by atoms with Crippen LogP contribution in [0.3, 0.4) is 0 Å². The summed E-state index contributed by atoms with van der Waals surface area (Å²) >= 11 is 7.86. The van der Waals surface area contributed by atoms with E-state index in [1.165, 1.54) is 0 Å². The van der Waals surface area contributed by atoms with E-state index in [0.717, 1.165) is 3.57 Å². The van der Waals surface area contributed by atoms with Crippen molar-refractivity contribution in [2.45, 2.75) is 13.0 Å². The summed E-state index contributed by atoms with van der Waals surface area (Å²) in [7, 11) is 0. The number of rotatable bonds is 1. The molecule has 1 heterocycles. The summed E-state index contributed by atoms with van der Waals surface area (Å²) in [6.45, 7) is 1.67. The summed E-state index contributed by atoms with van der Waals surface area (Å²) in [6, 6.07) is 1.70. The van der Waals surface area contributed by atoms with Gasteiger partial charge in [-0.05, 0) is 35.6 Å². The number of pyridine rings is 1. The highest BCUT2D eigenvalue weighted by Gasteiger charge is 2.09. The van der Waals surface area contributed by atoms with Crippen molar-refractivity contribution < 1.29 is 5.11 Å². The first-order chi connectivity index (χ1) is 5.13. The van der Waals surface area contributed by atoms with Gasteiger partial charge in [0.25, 0.3) is 0 Å². The molecule has 1 aromatic heterocycles. The highest BCUT2D eigenvalue weighted by atomic mass is 127. The number of aliphatic hydroxyl groups is 1. The van der Waals surface area contributed by atoms with Crippen molar-refractivity contribution >= 4 is 34.2 Å². The molecule has 0 saturated carbocycles. The van der Waals surface area contributed by atoms with E-state index >= 15 is 0 Å². The van der Waals surface area contributed by atoms with Crippen LogP contribution in [0, 0.1) is 3.57 Å². The van der Waals surface area contributed by atoms with Gasteiger partial charge in [0.1, 0.15) is 0 Å². The molecule has 0 spiro atoms. The van der Waals surface area contributed by atoms with Crippen molar-refractivity contribution in [1.82, 2.24) is 4.98 Å². The van der Waals surface area contributed by atoms with Crippen LogP contribution in [0.5, 0.6) is 0 Å². The fourth-order valence-electron chi connectivity index (χ4n) is 0.726. The average Bonchev–Trinajstić information content (AvgIpc) is 1.94. The van der Waals surface area contributed by atoms with Gasteiger partial charge < -0.3 is 5.11 Å². The third kappa shape index (κ3) is 2.04. The minimum Gasteiger partial charge on any atom is -0.387 e. The van der Waals surface area contributed by atoms with Gasteiger partial charge in [0.15, 0.2) is 0 Å². The minimum atomic E-state index is -0.555. The summed E-state index contributed by atoms with van der Waals surface area (Å²) in [5.41, 5.74) is 0.637. The Kier molecular flexibility index (Phi) is 3.09. The van der Waals surface area contributed by atoms with Gasteiger partial charge in [-0.1, -0.05) is 11.6 Å². The Balaban J connectivity index is 3.17. The zero-order valence-corrected chi connectivity index (χ0v) is 8.80. The maximum absolute atomic E-state index is 9.20. The largest absolute Gasteiger partial charge is 0.387 e. The molecular weight excluding hydrogens is 276 g/mol. The Hall–Kier alpha value is 0.130. The number of aromatic nitrogens is 1. The van der Waals surface area contributed by atoms with E-state index in [9.17, 15) is 5.11 Å². The molecule has 0 fully saturated rings. The van der Waals surface area contributed by atoms with Crippen LogP contribution in [0.15, 0.2) is 12.3 Å². The van der Waals surface area contributed by atoms with Crippen LogP contribution >= 0.6 is 34.2 Å². The lowest BCUT2D eigenvalue weighted by Gasteiger charge is -2.06. The Morgan fingerprint density at radius 1 is 1.73 bits per heavy atom. The standard InChI is InChI=1S/C7H7ClINO/c1-4(11)7-6(9)5(8)2-3-10-7/h2-4,11H,1H3. The SMILES string of the molecule is CC(O)c1nccc(Cl)c1I. The first-order valence-electron chi connectivity index (χ1n) is 3.11. The van der Waals surface area contributed by atoms with E-state index in [1.54, 1.807) is 19.2 Å². The first kappa shape index (κ1) is 9.22. The lowest BCUT2D eigenvalue weighted by molar-refractivity contribution is 0.193. The van der Waals surface area contributed by atoms with Gasteiger partial charge >= 0.3 is 0 Å². The van der Waals surface area contributed by atoms with Crippen LogP contribution in [0.1, 0.15) is 18.7 Å². The second-order valence-electron chi connectivity index (χ2n) is 2.17. The number of nitrogens with zero attached hydrogens (tertiary/aromatic N) is 1. The van der Waals surface area contributed by atoms with E-state index < -0.39 is 6.10 Å². The molecule has 0 saturated heterocycles. The molecule has 0 radical (unpaired) electrons. The Bertz CT molecular complexity index is 265. The van der Waals surface area contributed by atoms with Crippen molar-refractivity contribution in [3.63, 3.8) is 0 Å². The van der Waals surface area contributed by atoms with E-state index in [1.807, 2.05) is 0 Å². The molecule has 60 valence electrons. The van der Waals surface area contributed by atoms with Crippen LogP contribution in [0.25, 0.3) is 0 Å². The lowest BCUT2D eigenvalue weighted by Crippen LogP contribution is -1.98. The number of halogens is 2. The summed E-state index contributed by atoms with van der Waals surface area (Å²) in [5, 5.41) is 9.84.